The molecule has 1 N–H and O–H groups in total. The molecule has 0 aromatic carbocycles. The normalized spacial score (nSPS) is 32.0. The first-order valence-electron chi connectivity index (χ1n) is 6.15. The fourth-order valence-corrected chi connectivity index (χ4v) is 2.42. The summed E-state index contributed by atoms with van der Waals surface area (Å²) in [5, 5.41) is 3.60. The van der Waals surface area contributed by atoms with Crippen molar-refractivity contribution in [3.05, 3.63) is 0 Å². The predicted octanol–water partition coefficient (Wildman–Crippen LogP) is 1.71. The lowest BCUT2D eigenvalue weighted by Crippen LogP contribution is -2.39. The van der Waals surface area contributed by atoms with Crippen LogP contribution in [0.1, 0.15) is 39.5 Å². The molecule has 15 heavy (non-hydrogen) atoms. The van der Waals surface area contributed by atoms with Crippen molar-refractivity contribution in [2.75, 3.05) is 19.8 Å². The first kappa shape index (κ1) is 11.4. The average Bonchev–Trinajstić information content (AvgIpc) is 2.57. The van der Waals surface area contributed by atoms with Crippen LogP contribution in [-0.4, -0.2) is 37.5 Å². The number of hydrogen-bond donors (Lipinski definition) is 1. The SMILES string of the molecule is CC1(C)CCC(CNC2CCOCC2)O1. The van der Waals surface area contributed by atoms with Crippen LogP contribution >= 0.6 is 0 Å². The molecule has 0 spiro atoms. The smallest absolute Gasteiger partial charge is 0.0707 e. The highest BCUT2D eigenvalue weighted by Gasteiger charge is 2.31. The van der Waals surface area contributed by atoms with Gasteiger partial charge in [0.2, 0.25) is 0 Å². The first-order valence-corrected chi connectivity index (χ1v) is 6.15. The standard InChI is InChI=1S/C12H23NO2/c1-12(2)6-3-11(15-12)9-13-10-4-7-14-8-5-10/h10-11,13H,3-9H2,1-2H3. The van der Waals surface area contributed by atoms with E-state index in [2.05, 4.69) is 19.2 Å². The van der Waals surface area contributed by atoms with Crippen molar-refractivity contribution in [1.29, 1.82) is 0 Å². The number of hydrogen-bond acceptors (Lipinski definition) is 3. The van der Waals surface area contributed by atoms with Gasteiger partial charge in [-0.1, -0.05) is 0 Å². The van der Waals surface area contributed by atoms with Crippen LogP contribution in [0.4, 0.5) is 0 Å². The van der Waals surface area contributed by atoms with Gasteiger partial charge in [-0.15, -0.1) is 0 Å². The second-order valence-electron chi connectivity index (χ2n) is 5.33. The van der Waals surface area contributed by atoms with Gasteiger partial charge in [0.05, 0.1) is 11.7 Å². The highest BCUT2D eigenvalue weighted by atomic mass is 16.5. The third-order valence-electron chi connectivity index (χ3n) is 3.41. The molecule has 2 aliphatic heterocycles. The summed E-state index contributed by atoms with van der Waals surface area (Å²) in [7, 11) is 0. The third-order valence-corrected chi connectivity index (χ3v) is 3.41. The zero-order valence-corrected chi connectivity index (χ0v) is 9.92. The molecule has 88 valence electrons. The number of rotatable bonds is 3. The fraction of sp³-hybridized carbons (Fsp3) is 1.00. The Morgan fingerprint density at radius 1 is 1.20 bits per heavy atom. The fourth-order valence-electron chi connectivity index (χ4n) is 2.42. The lowest BCUT2D eigenvalue weighted by atomic mass is 10.1. The van der Waals surface area contributed by atoms with E-state index in [4.69, 9.17) is 9.47 Å². The van der Waals surface area contributed by atoms with Gasteiger partial charge in [0.25, 0.3) is 0 Å². The molecule has 0 saturated carbocycles. The van der Waals surface area contributed by atoms with Crippen LogP contribution < -0.4 is 5.32 Å². The Kier molecular flexibility index (Phi) is 3.65. The Labute approximate surface area is 92.5 Å². The topological polar surface area (TPSA) is 30.5 Å². The van der Waals surface area contributed by atoms with Crippen LogP contribution in [0.3, 0.4) is 0 Å². The van der Waals surface area contributed by atoms with E-state index in [1.54, 1.807) is 0 Å². The largest absolute Gasteiger partial charge is 0.381 e. The Morgan fingerprint density at radius 3 is 2.53 bits per heavy atom. The van der Waals surface area contributed by atoms with E-state index in [-0.39, 0.29) is 5.60 Å². The lowest BCUT2D eigenvalue weighted by Gasteiger charge is -2.25. The van der Waals surface area contributed by atoms with E-state index in [0.717, 1.165) is 32.6 Å². The molecule has 0 aromatic heterocycles. The molecule has 0 amide bonds. The molecule has 2 rings (SSSR count). The van der Waals surface area contributed by atoms with Crippen molar-refractivity contribution < 1.29 is 9.47 Å². The second-order valence-corrected chi connectivity index (χ2v) is 5.33. The highest BCUT2D eigenvalue weighted by molar-refractivity contribution is 4.83. The second kappa shape index (κ2) is 4.81. The van der Waals surface area contributed by atoms with Crippen molar-refractivity contribution in [1.82, 2.24) is 5.32 Å². The minimum absolute atomic E-state index is 0.0992. The maximum Gasteiger partial charge on any atom is 0.0707 e. The van der Waals surface area contributed by atoms with E-state index in [0.29, 0.717) is 12.1 Å². The van der Waals surface area contributed by atoms with Gasteiger partial charge in [0, 0.05) is 25.8 Å². The minimum atomic E-state index is 0.0992. The van der Waals surface area contributed by atoms with Gasteiger partial charge in [-0.2, -0.15) is 0 Å². The Bertz CT molecular complexity index is 200. The summed E-state index contributed by atoms with van der Waals surface area (Å²) in [6.45, 7) is 7.19. The Hall–Kier alpha value is -0.120. The van der Waals surface area contributed by atoms with Crippen LogP contribution in [0, 0.1) is 0 Å². The summed E-state index contributed by atoms with van der Waals surface area (Å²) in [6.07, 6.45) is 5.10. The van der Waals surface area contributed by atoms with E-state index in [1.165, 1.54) is 12.8 Å². The van der Waals surface area contributed by atoms with Gasteiger partial charge in [-0.05, 0) is 39.5 Å². The third kappa shape index (κ3) is 3.44. The quantitative estimate of drug-likeness (QED) is 0.774. The molecule has 1 atom stereocenters. The predicted molar refractivity (Wildman–Crippen MR) is 60.0 cm³/mol. The summed E-state index contributed by atoms with van der Waals surface area (Å²) in [5.41, 5.74) is 0.0992. The van der Waals surface area contributed by atoms with Gasteiger partial charge >= 0.3 is 0 Å². The van der Waals surface area contributed by atoms with E-state index < -0.39 is 0 Å². The molecular formula is C12H23NO2. The van der Waals surface area contributed by atoms with Crippen LogP contribution in [0.25, 0.3) is 0 Å². The van der Waals surface area contributed by atoms with E-state index in [1.807, 2.05) is 0 Å². The molecule has 0 radical (unpaired) electrons. The molecular weight excluding hydrogens is 190 g/mol. The number of nitrogens with one attached hydrogen (secondary N) is 1. The molecule has 3 nitrogen and oxygen atoms in total. The molecule has 2 aliphatic rings. The van der Waals surface area contributed by atoms with Crippen LogP contribution in [0.2, 0.25) is 0 Å². The van der Waals surface area contributed by atoms with E-state index >= 15 is 0 Å². The zero-order chi connectivity index (χ0) is 10.7. The van der Waals surface area contributed by atoms with Gasteiger partial charge in [0.15, 0.2) is 0 Å². The van der Waals surface area contributed by atoms with Gasteiger partial charge in [-0.25, -0.2) is 0 Å². The summed E-state index contributed by atoms with van der Waals surface area (Å²) >= 11 is 0. The summed E-state index contributed by atoms with van der Waals surface area (Å²) in [6, 6.07) is 0.645. The minimum Gasteiger partial charge on any atom is -0.381 e. The van der Waals surface area contributed by atoms with Crippen molar-refractivity contribution in [3.63, 3.8) is 0 Å². The van der Waals surface area contributed by atoms with Crippen LogP contribution in [-0.2, 0) is 9.47 Å². The van der Waals surface area contributed by atoms with Crippen LogP contribution in [0.5, 0.6) is 0 Å². The zero-order valence-electron chi connectivity index (χ0n) is 9.92. The van der Waals surface area contributed by atoms with Crippen molar-refractivity contribution >= 4 is 0 Å². The van der Waals surface area contributed by atoms with Crippen molar-refractivity contribution in [2.24, 2.45) is 0 Å². The monoisotopic (exact) mass is 213 g/mol. The van der Waals surface area contributed by atoms with Crippen molar-refractivity contribution in [2.45, 2.75) is 57.3 Å². The molecule has 0 bridgehead atoms. The number of ether oxygens (including phenoxy) is 2. The first-order chi connectivity index (χ1) is 7.16. The maximum atomic E-state index is 5.95. The van der Waals surface area contributed by atoms with Gasteiger partial charge in [0.1, 0.15) is 0 Å². The van der Waals surface area contributed by atoms with Crippen molar-refractivity contribution in [3.8, 4) is 0 Å². The Balaban J connectivity index is 1.65. The molecule has 0 aliphatic carbocycles. The Morgan fingerprint density at radius 2 is 1.93 bits per heavy atom. The summed E-state index contributed by atoms with van der Waals surface area (Å²) < 4.78 is 11.3. The molecule has 2 fully saturated rings. The summed E-state index contributed by atoms with van der Waals surface area (Å²) in [4.78, 5) is 0. The van der Waals surface area contributed by atoms with Gasteiger partial charge in [-0.3, -0.25) is 0 Å². The van der Waals surface area contributed by atoms with Gasteiger partial charge < -0.3 is 14.8 Å². The molecule has 1 unspecified atom stereocenters. The molecule has 2 saturated heterocycles. The molecule has 2 heterocycles. The maximum absolute atomic E-state index is 5.95. The summed E-state index contributed by atoms with van der Waals surface area (Å²) in [5.74, 6) is 0. The lowest BCUT2D eigenvalue weighted by molar-refractivity contribution is -0.0172. The van der Waals surface area contributed by atoms with E-state index in [9.17, 15) is 0 Å². The molecule has 0 aromatic rings. The average molecular weight is 213 g/mol. The highest BCUT2D eigenvalue weighted by Crippen LogP contribution is 2.28. The van der Waals surface area contributed by atoms with Crippen LogP contribution in [0.15, 0.2) is 0 Å². The molecule has 3 heteroatoms.